The smallest absolute Gasteiger partial charge is 0.243 e. The fraction of sp³-hybridized carbons (Fsp3) is 0.0588. The number of hydrogen-bond donors (Lipinski definition) is 2. The summed E-state index contributed by atoms with van der Waals surface area (Å²) >= 11 is 5.91. The zero-order valence-electron chi connectivity index (χ0n) is 11.7. The molecule has 0 fully saturated rings. The molecule has 4 nitrogen and oxygen atoms in total. The van der Waals surface area contributed by atoms with Crippen LogP contribution in [0.1, 0.15) is 0 Å². The zero-order chi connectivity index (χ0) is 15.4. The van der Waals surface area contributed by atoms with E-state index in [9.17, 15) is 4.79 Å². The normalized spacial score (nSPS) is 10.4. The quantitative estimate of drug-likeness (QED) is 0.767. The van der Waals surface area contributed by atoms with Crippen molar-refractivity contribution in [3.8, 4) is 0 Å². The number of benzene rings is 2. The van der Waals surface area contributed by atoms with Crippen LogP contribution in [-0.2, 0) is 4.79 Å². The molecule has 5 heteroatoms. The number of nitrogens with zero attached hydrogens (tertiary/aromatic N) is 1. The van der Waals surface area contributed by atoms with E-state index in [0.29, 0.717) is 10.7 Å². The highest BCUT2D eigenvalue weighted by atomic mass is 35.5. The van der Waals surface area contributed by atoms with E-state index >= 15 is 0 Å². The van der Waals surface area contributed by atoms with Crippen molar-refractivity contribution in [2.24, 2.45) is 0 Å². The number of carbonyl (C=O) groups excluding carboxylic acids is 1. The Morgan fingerprint density at radius 3 is 2.77 bits per heavy atom. The summed E-state index contributed by atoms with van der Waals surface area (Å²) in [6.07, 6.45) is 1.71. The Hall–Kier alpha value is -2.59. The summed E-state index contributed by atoms with van der Waals surface area (Å²) in [7, 11) is 0. The van der Waals surface area contributed by atoms with Gasteiger partial charge in [0.15, 0.2) is 0 Å². The Morgan fingerprint density at radius 2 is 1.91 bits per heavy atom. The molecular formula is C17H14ClN3O. The van der Waals surface area contributed by atoms with Crippen LogP contribution in [0.5, 0.6) is 0 Å². The number of rotatable bonds is 4. The highest BCUT2D eigenvalue weighted by Crippen LogP contribution is 2.20. The Morgan fingerprint density at radius 1 is 1.09 bits per heavy atom. The Balaban J connectivity index is 1.68. The van der Waals surface area contributed by atoms with Crippen LogP contribution in [0.25, 0.3) is 10.9 Å². The summed E-state index contributed by atoms with van der Waals surface area (Å²) < 4.78 is 0. The van der Waals surface area contributed by atoms with Crippen LogP contribution < -0.4 is 10.6 Å². The van der Waals surface area contributed by atoms with Gasteiger partial charge in [0.2, 0.25) is 5.91 Å². The van der Waals surface area contributed by atoms with Gasteiger partial charge in [-0.2, -0.15) is 0 Å². The minimum Gasteiger partial charge on any atom is -0.376 e. The zero-order valence-corrected chi connectivity index (χ0v) is 12.5. The molecular weight excluding hydrogens is 298 g/mol. The molecule has 0 unspecified atom stereocenters. The summed E-state index contributed by atoms with van der Waals surface area (Å²) in [5.41, 5.74) is 2.29. The minimum atomic E-state index is -0.141. The molecule has 0 atom stereocenters. The number of halogens is 1. The lowest BCUT2D eigenvalue weighted by Gasteiger charge is -2.09. The first-order valence-corrected chi connectivity index (χ1v) is 7.23. The van der Waals surface area contributed by atoms with Gasteiger partial charge >= 0.3 is 0 Å². The molecule has 22 heavy (non-hydrogen) atoms. The number of aromatic nitrogens is 1. The first kappa shape index (κ1) is 14.4. The number of nitrogens with one attached hydrogen (secondary N) is 2. The van der Waals surface area contributed by atoms with E-state index < -0.39 is 0 Å². The molecule has 0 aliphatic rings. The first-order valence-electron chi connectivity index (χ1n) is 6.85. The molecule has 0 saturated carbocycles. The molecule has 0 aliphatic carbocycles. The molecule has 0 radical (unpaired) electrons. The number of hydrogen-bond acceptors (Lipinski definition) is 3. The minimum absolute atomic E-state index is 0.141. The molecule has 110 valence electrons. The van der Waals surface area contributed by atoms with Gasteiger partial charge < -0.3 is 10.6 Å². The SMILES string of the molecule is O=C(CNc1cccc(Cl)c1)Nc1cccc2cccnc12. The van der Waals surface area contributed by atoms with E-state index in [1.165, 1.54) is 0 Å². The number of pyridine rings is 1. The molecule has 0 saturated heterocycles. The van der Waals surface area contributed by atoms with Crippen LogP contribution in [0.4, 0.5) is 11.4 Å². The van der Waals surface area contributed by atoms with Gasteiger partial charge in [-0.05, 0) is 30.3 Å². The van der Waals surface area contributed by atoms with E-state index in [2.05, 4.69) is 15.6 Å². The van der Waals surface area contributed by atoms with Crippen molar-refractivity contribution >= 4 is 39.8 Å². The van der Waals surface area contributed by atoms with E-state index in [4.69, 9.17) is 11.6 Å². The second-order valence-electron chi connectivity index (χ2n) is 4.79. The van der Waals surface area contributed by atoms with Crippen molar-refractivity contribution in [1.82, 2.24) is 4.98 Å². The van der Waals surface area contributed by atoms with Crippen molar-refractivity contribution in [1.29, 1.82) is 0 Å². The van der Waals surface area contributed by atoms with Gasteiger partial charge in [0.25, 0.3) is 0 Å². The maximum absolute atomic E-state index is 12.1. The largest absolute Gasteiger partial charge is 0.376 e. The monoisotopic (exact) mass is 311 g/mol. The molecule has 2 aromatic carbocycles. The summed E-state index contributed by atoms with van der Waals surface area (Å²) in [4.78, 5) is 16.4. The first-order chi connectivity index (χ1) is 10.7. The lowest BCUT2D eigenvalue weighted by atomic mass is 10.2. The third-order valence-corrected chi connectivity index (χ3v) is 3.42. The van der Waals surface area contributed by atoms with Gasteiger partial charge in [0.1, 0.15) is 0 Å². The Bertz CT molecular complexity index is 814. The summed E-state index contributed by atoms with van der Waals surface area (Å²) in [6.45, 7) is 0.156. The van der Waals surface area contributed by atoms with Crippen LogP contribution in [0.15, 0.2) is 60.8 Å². The highest BCUT2D eigenvalue weighted by Gasteiger charge is 2.06. The van der Waals surface area contributed by atoms with E-state index in [1.807, 2.05) is 42.5 Å². The molecule has 2 N–H and O–H groups in total. The molecule has 0 bridgehead atoms. The summed E-state index contributed by atoms with van der Waals surface area (Å²) in [5.74, 6) is -0.141. The van der Waals surface area contributed by atoms with Crippen molar-refractivity contribution in [2.45, 2.75) is 0 Å². The van der Waals surface area contributed by atoms with Crippen LogP contribution in [-0.4, -0.2) is 17.4 Å². The third-order valence-electron chi connectivity index (χ3n) is 3.18. The predicted octanol–water partition coefficient (Wildman–Crippen LogP) is 3.94. The van der Waals surface area contributed by atoms with Crippen LogP contribution in [0.2, 0.25) is 5.02 Å². The van der Waals surface area contributed by atoms with Gasteiger partial charge in [-0.15, -0.1) is 0 Å². The average Bonchev–Trinajstić information content (AvgIpc) is 2.53. The number of fused-ring (bicyclic) bond motifs is 1. The van der Waals surface area contributed by atoms with Crippen molar-refractivity contribution in [2.75, 3.05) is 17.2 Å². The van der Waals surface area contributed by atoms with Crippen molar-refractivity contribution in [3.05, 3.63) is 65.8 Å². The highest BCUT2D eigenvalue weighted by molar-refractivity contribution is 6.30. The third kappa shape index (κ3) is 3.35. The van der Waals surface area contributed by atoms with Gasteiger partial charge in [-0.1, -0.05) is 35.9 Å². The second kappa shape index (κ2) is 6.45. The molecule has 1 heterocycles. The Labute approximate surface area is 133 Å². The van der Waals surface area contributed by atoms with E-state index in [0.717, 1.165) is 16.6 Å². The average molecular weight is 312 g/mol. The van der Waals surface area contributed by atoms with Gasteiger partial charge in [0, 0.05) is 22.3 Å². The van der Waals surface area contributed by atoms with Gasteiger partial charge in [-0.3, -0.25) is 9.78 Å². The summed E-state index contributed by atoms with van der Waals surface area (Å²) in [6, 6.07) is 16.8. The number of anilines is 2. The van der Waals surface area contributed by atoms with E-state index in [1.54, 1.807) is 18.3 Å². The van der Waals surface area contributed by atoms with Crippen molar-refractivity contribution < 1.29 is 4.79 Å². The lowest BCUT2D eigenvalue weighted by molar-refractivity contribution is -0.114. The fourth-order valence-electron chi connectivity index (χ4n) is 2.18. The lowest BCUT2D eigenvalue weighted by Crippen LogP contribution is -2.21. The maximum Gasteiger partial charge on any atom is 0.243 e. The standard InChI is InChI=1S/C17H14ClN3O/c18-13-6-2-7-14(10-13)20-11-16(22)21-15-8-1-4-12-5-3-9-19-17(12)15/h1-10,20H,11H2,(H,21,22). The van der Waals surface area contributed by atoms with E-state index in [-0.39, 0.29) is 12.5 Å². The molecule has 3 aromatic rings. The van der Waals surface area contributed by atoms with Crippen LogP contribution >= 0.6 is 11.6 Å². The van der Waals surface area contributed by atoms with Crippen LogP contribution in [0, 0.1) is 0 Å². The van der Waals surface area contributed by atoms with Crippen LogP contribution in [0.3, 0.4) is 0 Å². The molecule has 1 amide bonds. The summed E-state index contributed by atoms with van der Waals surface area (Å²) in [5, 5.41) is 7.53. The molecule has 3 rings (SSSR count). The topological polar surface area (TPSA) is 54.0 Å². The number of carbonyl (C=O) groups is 1. The number of amides is 1. The fourth-order valence-corrected chi connectivity index (χ4v) is 2.37. The number of para-hydroxylation sites is 1. The molecule has 0 aliphatic heterocycles. The molecule has 0 spiro atoms. The second-order valence-corrected chi connectivity index (χ2v) is 5.23. The van der Waals surface area contributed by atoms with Crippen molar-refractivity contribution in [3.63, 3.8) is 0 Å². The van der Waals surface area contributed by atoms with Gasteiger partial charge in [0.05, 0.1) is 17.7 Å². The maximum atomic E-state index is 12.1. The predicted molar refractivity (Wildman–Crippen MR) is 90.3 cm³/mol. The van der Waals surface area contributed by atoms with Gasteiger partial charge in [-0.25, -0.2) is 0 Å². The Kier molecular flexibility index (Phi) is 4.21. The molecule has 1 aromatic heterocycles.